The molecule has 1 saturated heterocycles. The lowest BCUT2D eigenvalue weighted by molar-refractivity contribution is -0.157. The molecule has 1 heterocycles. The molecule has 8 heteroatoms. The van der Waals surface area contributed by atoms with Gasteiger partial charge in [-0.3, -0.25) is 9.59 Å². The van der Waals surface area contributed by atoms with Crippen molar-refractivity contribution in [1.29, 1.82) is 0 Å². The molecule has 0 aromatic heterocycles. The van der Waals surface area contributed by atoms with Crippen LogP contribution < -0.4 is 10.1 Å². The van der Waals surface area contributed by atoms with E-state index in [0.717, 1.165) is 16.9 Å². The first-order valence-corrected chi connectivity index (χ1v) is 9.18. The van der Waals surface area contributed by atoms with E-state index < -0.39 is 30.5 Å². The molecule has 154 valence electrons. The SMILES string of the molecule is O=C(NCc1cccc(COc2ccccc2)c1)C1CC(=O)N(CC(F)(F)F)C1. The third kappa shape index (κ3) is 6.23. The molecule has 3 rings (SSSR count). The molecule has 1 atom stereocenters. The molecule has 2 amide bonds. The van der Waals surface area contributed by atoms with Crippen molar-refractivity contribution in [3.63, 3.8) is 0 Å². The predicted octanol–water partition coefficient (Wildman–Crippen LogP) is 3.29. The normalized spacial score (nSPS) is 16.7. The van der Waals surface area contributed by atoms with Crippen LogP contribution in [0.25, 0.3) is 0 Å². The second-order valence-corrected chi connectivity index (χ2v) is 6.93. The summed E-state index contributed by atoms with van der Waals surface area (Å²) in [5.74, 6) is -1.09. The van der Waals surface area contributed by atoms with Crippen molar-refractivity contribution in [2.75, 3.05) is 13.1 Å². The summed E-state index contributed by atoms with van der Waals surface area (Å²) in [7, 11) is 0. The molecule has 1 aliphatic heterocycles. The number of para-hydroxylation sites is 1. The number of hydrogen-bond acceptors (Lipinski definition) is 3. The lowest BCUT2D eigenvalue weighted by atomic mass is 10.1. The van der Waals surface area contributed by atoms with Gasteiger partial charge in [0.05, 0.1) is 5.92 Å². The minimum atomic E-state index is -4.47. The van der Waals surface area contributed by atoms with Crippen LogP contribution in [-0.2, 0) is 22.7 Å². The van der Waals surface area contributed by atoms with E-state index in [2.05, 4.69) is 5.32 Å². The summed E-state index contributed by atoms with van der Waals surface area (Å²) in [6.45, 7) is -0.939. The van der Waals surface area contributed by atoms with Gasteiger partial charge in [-0.15, -0.1) is 0 Å². The fourth-order valence-electron chi connectivity index (χ4n) is 3.16. The van der Waals surface area contributed by atoms with Crippen molar-refractivity contribution in [2.45, 2.75) is 25.7 Å². The van der Waals surface area contributed by atoms with E-state index in [4.69, 9.17) is 4.74 Å². The highest BCUT2D eigenvalue weighted by Gasteiger charge is 2.40. The molecule has 5 nitrogen and oxygen atoms in total. The molecule has 0 spiro atoms. The molecular formula is C21H21F3N2O3. The third-order valence-corrected chi connectivity index (χ3v) is 4.56. The van der Waals surface area contributed by atoms with Crippen molar-refractivity contribution < 1.29 is 27.5 Å². The Hall–Kier alpha value is -3.03. The van der Waals surface area contributed by atoms with Gasteiger partial charge in [-0.05, 0) is 23.3 Å². The Morgan fingerprint density at radius 1 is 1.10 bits per heavy atom. The molecule has 1 aliphatic rings. The van der Waals surface area contributed by atoms with Gasteiger partial charge in [0.15, 0.2) is 0 Å². The molecule has 1 unspecified atom stereocenters. The standard InChI is InChI=1S/C21H21F3N2O3/c22-21(23,24)14-26-12-17(10-19(26)27)20(28)25-11-15-5-4-6-16(9-15)13-29-18-7-2-1-3-8-18/h1-9,17H,10-14H2,(H,25,28). The lowest BCUT2D eigenvalue weighted by Gasteiger charge is -2.18. The van der Waals surface area contributed by atoms with Crippen LogP contribution in [0.4, 0.5) is 13.2 Å². The van der Waals surface area contributed by atoms with E-state index >= 15 is 0 Å². The first kappa shape index (κ1) is 20.7. The van der Waals surface area contributed by atoms with Gasteiger partial charge in [0.2, 0.25) is 11.8 Å². The van der Waals surface area contributed by atoms with Gasteiger partial charge in [0.25, 0.3) is 0 Å². The quantitative estimate of drug-likeness (QED) is 0.768. The highest BCUT2D eigenvalue weighted by Crippen LogP contribution is 2.24. The predicted molar refractivity (Wildman–Crippen MR) is 99.8 cm³/mol. The molecule has 1 N–H and O–H groups in total. The van der Waals surface area contributed by atoms with E-state index in [9.17, 15) is 22.8 Å². The van der Waals surface area contributed by atoms with Crippen LogP contribution >= 0.6 is 0 Å². The Kier molecular flexibility index (Phi) is 6.41. The number of halogens is 3. The Bertz CT molecular complexity index is 856. The zero-order chi connectivity index (χ0) is 20.9. The van der Waals surface area contributed by atoms with Crippen LogP contribution in [0.3, 0.4) is 0 Å². The number of carbonyl (C=O) groups is 2. The number of carbonyl (C=O) groups excluding carboxylic acids is 2. The number of rotatable bonds is 7. The summed E-state index contributed by atoms with van der Waals surface area (Å²) < 4.78 is 43.1. The summed E-state index contributed by atoms with van der Waals surface area (Å²) in [5, 5.41) is 2.71. The number of ether oxygens (including phenoxy) is 1. The highest BCUT2D eigenvalue weighted by atomic mass is 19.4. The van der Waals surface area contributed by atoms with Crippen LogP contribution in [0.5, 0.6) is 5.75 Å². The Labute approximate surface area is 166 Å². The molecule has 0 saturated carbocycles. The number of nitrogens with one attached hydrogen (secondary N) is 1. The van der Waals surface area contributed by atoms with E-state index in [1.54, 1.807) is 0 Å². The molecule has 1 fully saturated rings. The maximum Gasteiger partial charge on any atom is 0.406 e. The molecule has 2 aromatic carbocycles. The number of amides is 2. The van der Waals surface area contributed by atoms with E-state index in [-0.39, 0.29) is 19.5 Å². The average molecular weight is 406 g/mol. The smallest absolute Gasteiger partial charge is 0.406 e. The van der Waals surface area contributed by atoms with Gasteiger partial charge in [-0.1, -0.05) is 42.5 Å². The number of hydrogen-bond donors (Lipinski definition) is 1. The fourth-order valence-corrected chi connectivity index (χ4v) is 3.16. The number of alkyl halides is 3. The van der Waals surface area contributed by atoms with Crippen LogP contribution in [0.15, 0.2) is 54.6 Å². The average Bonchev–Trinajstić information content (AvgIpc) is 3.04. The monoisotopic (exact) mass is 406 g/mol. The third-order valence-electron chi connectivity index (χ3n) is 4.56. The van der Waals surface area contributed by atoms with Crippen molar-refractivity contribution >= 4 is 11.8 Å². The van der Waals surface area contributed by atoms with Gasteiger partial charge < -0.3 is 15.0 Å². The Balaban J connectivity index is 1.49. The summed E-state index contributed by atoms with van der Waals surface area (Å²) in [5.41, 5.74) is 1.76. The van der Waals surface area contributed by atoms with Gasteiger partial charge in [-0.25, -0.2) is 0 Å². The van der Waals surface area contributed by atoms with Crippen LogP contribution in [-0.4, -0.2) is 36.0 Å². The highest BCUT2D eigenvalue weighted by molar-refractivity contribution is 5.89. The lowest BCUT2D eigenvalue weighted by Crippen LogP contribution is -2.37. The summed E-state index contributed by atoms with van der Waals surface area (Å²) >= 11 is 0. The zero-order valence-corrected chi connectivity index (χ0v) is 15.6. The van der Waals surface area contributed by atoms with Gasteiger partial charge in [-0.2, -0.15) is 13.2 Å². The van der Waals surface area contributed by atoms with Gasteiger partial charge in [0, 0.05) is 19.5 Å². The summed E-state index contributed by atoms with van der Waals surface area (Å²) in [4.78, 5) is 24.7. The summed E-state index contributed by atoms with van der Waals surface area (Å²) in [6.07, 6.45) is -4.67. The molecule has 2 aromatic rings. The van der Waals surface area contributed by atoms with E-state index in [0.29, 0.717) is 11.5 Å². The molecular weight excluding hydrogens is 385 g/mol. The Morgan fingerprint density at radius 3 is 2.55 bits per heavy atom. The van der Waals surface area contributed by atoms with Crippen molar-refractivity contribution in [3.05, 3.63) is 65.7 Å². The number of benzene rings is 2. The number of nitrogens with zero attached hydrogens (tertiary/aromatic N) is 1. The zero-order valence-electron chi connectivity index (χ0n) is 15.6. The van der Waals surface area contributed by atoms with E-state index in [1.165, 1.54) is 0 Å². The summed E-state index contributed by atoms with van der Waals surface area (Å²) in [6, 6.07) is 16.8. The first-order chi connectivity index (χ1) is 13.8. The fraction of sp³-hybridized carbons (Fsp3) is 0.333. The van der Waals surface area contributed by atoms with Crippen molar-refractivity contribution in [1.82, 2.24) is 10.2 Å². The topological polar surface area (TPSA) is 58.6 Å². The van der Waals surface area contributed by atoms with Gasteiger partial charge in [0.1, 0.15) is 18.9 Å². The second kappa shape index (κ2) is 8.98. The first-order valence-electron chi connectivity index (χ1n) is 9.18. The minimum absolute atomic E-state index is 0.202. The maximum atomic E-state index is 12.5. The molecule has 0 radical (unpaired) electrons. The van der Waals surface area contributed by atoms with Crippen molar-refractivity contribution in [2.24, 2.45) is 5.92 Å². The second-order valence-electron chi connectivity index (χ2n) is 6.93. The van der Waals surface area contributed by atoms with Crippen LogP contribution in [0, 0.1) is 5.92 Å². The maximum absolute atomic E-state index is 12.5. The van der Waals surface area contributed by atoms with Crippen molar-refractivity contribution in [3.8, 4) is 5.75 Å². The molecule has 29 heavy (non-hydrogen) atoms. The Morgan fingerprint density at radius 2 is 1.83 bits per heavy atom. The van der Waals surface area contributed by atoms with Crippen LogP contribution in [0.1, 0.15) is 17.5 Å². The largest absolute Gasteiger partial charge is 0.489 e. The van der Waals surface area contributed by atoms with E-state index in [1.807, 2.05) is 54.6 Å². The molecule has 0 bridgehead atoms. The molecule has 0 aliphatic carbocycles. The number of likely N-dealkylation sites (tertiary alicyclic amines) is 1. The minimum Gasteiger partial charge on any atom is -0.489 e. The van der Waals surface area contributed by atoms with Gasteiger partial charge >= 0.3 is 6.18 Å². The van der Waals surface area contributed by atoms with Crippen LogP contribution in [0.2, 0.25) is 0 Å².